The predicted octanol–water partition coefficient (Wildman–Crippen LogP) is 8.88. The van der Waals surface area contributed by atoms with Gasteiger partial charge in [-0.2, -0.15) is 0 Å². The number of alkyl halides is 1. The summed E-state index contributed by atoms with van der Waals surface area (Å²) in [6.45, 7) is 4.26. The maximum absolute atomic E-state index is 16.1. The highest BCUT2D eigenvalue weighted by molar-refractivity contribution is 5.83. The molecule has 1 heterocycles. The van der Waals surface area contributed by atoms with E-state index in [1.807, 2.05) is 110 Å². The van der Waals surface area contributed by atoms with Crippen LogP contribution in [0.5, 0.6) is 0 Å². The van der Waals surface area contributed by atoms with E-state index in [2.05, 4.69) is 30.3 Å². The molecule has 1 fully saturated rings. The molecule has 0 aromatic heterocycles. The van der Waals surface area contributed by atoms with Crippen molar-refractivity contribution in [3.8, 4) is 0 Å². The van der Waals surface area contributed by atoms with E-state index < -0.39 is 49.0 Å². The molecule has 0 bridgehead atoms. The zero-order valence-corrected chi connectivity index (χ0v) is 33.2. The van der Waals surface area contributed by atoms with Gasteiger partial charge in [-0.1, -0.05) is 134 Å². The van der Waals surface area contributed by atoms with Crippen LogP contribution >= 0.6 is 0 Å². The van der Waals surface area contributed by atoms with Crippen LogP contribution in [0.3, 0.4) is 0 Å². The third kappa shape index (κ3) is 12.8. The summed E-state index contributed by atoms with van der Waals surface area (Å²) < 4.78 is 60.3. The summed E-state index contributed by atoms with van der Waals surface area (Å²) in [5.74, 6) is -0.813. The topological polar surface area (TPSA) is 98.8 Å². The molecule has 10 heteroatoms. The number of Topliss-reactive ketones (excluding diaryl/α,β-unsaturated/α-hetero) is 1. The Hall–Kier alpha value is -4.81. The van der Waals surface area contributed by atoms with Gasteiger partial charge < -0.3 is 38.0 Å². The van der Waals surface area contributed by atoms with Gasteiger partial charge in [0, 0.05) is 6.42 Å². The minimum Gasteiger partial charge on any atom is -0.456 e. The summed E-state index contributed by atoms with van der Waals surface area (Å²) >= 11 is 0. The molecule has 7 atom stereocenters. The number of hydrogen-bond acceptors (Lipinski definition) is 9. The number of ether oxygens (including phenoxy) is 7. The minimum atomic E-state index is -1.78. The molecule has 4 unspecified atom stereocenters. The Morgan fingerprint density at radius 2 is 1.19 bits per heavy atom. The average molecular weight is 793 g/mol. The molecule has 0 spiro atoms. The van der Waals surface area contributed by atoms with E-state index in [1.165, 1.54) is 6.92 Å². The largest absolute Gasteiger partial charge is 0.456 e. The van der Waals surface area contributed by atoms with E-state index in [4.69, 9.17) is 33.2 Å². The van der Waals surface area contributed by atoms with Gasteiger partial charge in [0.25, 0.3) is 0 Å². The van der Waals surface area contributed by atoms with Crippen molar-refractivity contribution in [1.29, 1.82) is 0 Å². The normalized spacial score (nSPS) is 19.4. The molecule has 0 N–H and O–H groups in total. The molecule has 0 amide bonds. The van der Waals surface area contributed by atoms with Crippen LogP contribution in [-0.2, 0) is 69.2 Å². The van der Waals surface area contributed by atoms with Crippen molar-refractivity contribution < 1.29 is 47.1 Å². The van der Waals surface area contributed by atoms with E-state index in [0.717, 1.165) is 33.0 Å². The first-order valence-electron chi connectivity index (χ1n) is 20.0. The lowest BCUT2D eigenvalue weighted by atomic mass is 10.1. The van der Waals surface area contributed by atoms with Crippen molar-refractivity contribution in [2.24, 2.45) is 0 Å². The van der Waals surface area contributed by atoms with Crippen LogP contribution < -0.4 is 0 Å². The van der Waals surface area contributed by atoms with Gasteiger partial charge in [-0.15, -0.1) is 0 Å². The maximum atomic E-state index is 16.1. The Labute approximate surface area is 340 Å². The van der Waals surface area contributed by atoms with Crippen LogP contribution in [0.2, 0.25) is 0 Å². The zero-order chi connectivity index (χ0) is 40.5. The lowest BCUT2D eigenvalue weighted by Gasteiger charge is -2.34. The van der Waals surface area contributed by atoms with Crippen molar-refractivity contribution in [3.63, 3.8) is 0 Å². The first-order chi connectivity index (χ1) is 28.4. The molecule has 5 aromatic rings. The van der Waals surface area contributed by atoms with E-state index in [-0.39, 0.29) is 51.7 Å². The molecule has 306 valence electrons. The number of ketones is 1. The van der Waals surface area contributed by atoms with E-state index in [1.54, 1.807) is 0 Å². The van der Waals surface area contributed by atoms with Crippen LogP contribution in [0.1, 0.15) is 55.4 Å². The van der Waals surface area contributed by atoms with Gasteiger partial charge in [0.05, 0.1) is 46.1 Å². The van der Waals surface area contributed by atoms with E-state index in [0.29, 0.717) is 13.0 Å². The first-order valence-corrected chi connectivity index (χ1v) is 20.0. The third-order valence-corrected chi connectivity index (χ3v) is 10.0. The van der Waals surface area contributed by atoms with E-state index in [9.17, 15) is 9.59 Å². The predicted molar refractivity (Wildman–Crippen MR) is 218 cm³/mol. The molecule has 1 aliphatic heterocycles. The van der Waals surface area contributed by atoms with Crippen LogP contribution in [0.4, 0.5) is 4.39 Å². The second-order valence-electron chi connectivity index (χ2n) is 14.5. The van der Waals surface area contributed by atoms with Gasteiger partial charge in [-0.3, -0.25) is 4.79 Å². The van der Waals surface area contributed by atoms with Crippen molar-refractivity contribution in [1.82, 2.24) is 0 Å². The monoisotopic (exact) mass is 792 g/mol. The van der Waals surface area contributed by atoms with Gasteiger partial charge >= 0.3 is 5.97 Å². The fourth-order valence-corrected chi connectivity index (χ4v) is 6.84. The molecule has 6 rings (SSSR count). The molecule has 0 radical (unpaired) electrons. The second kappa shape index (κ2) is 22.4. The Balaban J connectivity index is 1.25. The highest BCUT2D eigenvalue weighted by Crippen LogP contribution is 2.31. The molecule has 58 heavy (non-hydrogen) atoms. The lowest BCUT2D eigenvalue weighted by Crippen LogP contribution is -2.48. The quantitative estimate of drug-likeness (QED) is 0.0601. The second-order valence-corrected chi connectivity index (χ2v) is 14.5. The SMILES string of the molecule is CC[C@H]1O[C@@H](OCC(OCc2ccccc2)C(OCc2ccccc2)C(COCc2ccc3ccccc3c2)OCc2ccccc2)[C@@H](F)C1OC(=O)CCC(C)=O. The first kappa shape index (κ1) is 42.8. The number of fused-ring (bicyclic) bond motifs is 1. The smallest absolute Gasteiger partial charge is 0.306 e. The number of esters is 1. The van der Waals surface area contributed by atoms with Crippen LogP contribution in [0.15, 0.2) is 133 Å². The Morgan fingerprint density at radius 3 is 1.78 bits per heavy atom. The molecule has 1 aliphatic rings. The fourth-order valence-electron chi connectivity index (χ4n) is 6.84. The molecule has 0 saturated carbocycles. The third-order valence-electron chi connectivity index (χ3n) is 10.0. The zero-order valence-electron chi connectivity index (χ0n) is 33.2. The molecular weight excluding hydrogens is 740 g/mol. The van der Waals surface area contributed by atoms with Crippen molar-refractivity contribution in [2.75, 3.05) is 13.2 Å². The summed E-state index contributed by atoms with van der Waals surface area (Å²) in [6, 6.07) is 43.8. The number of benzene rings is 5. The summed E-state index contributed by atoms with van der Waals surface area (Å²) in [5.41, 5.74) is 3.85. The molecule has 0 aliphatic carbocycles. The van der Waals surface area contributed by atoms with Gasteiger partial charge in [-0.25, -0.2) is 4.39 Å². The van der Waals surface area contributed by atoms with Crippen LogP contribution in [-0.4, -0.2) is 67.9 Å². The van der Waals surface area contributed by atoms with E-state index >= 15 is 4.39 Å². The molecule has 9 nitrogen and oxygen atoms in total. The molecule has 5 aromatic carbocycles. The number of carbonyl (C=O) groups excluding carboxylic acids is 2. The highest BCUT2D eigenvalue weighted by atomic mass is 19.1. The van der Waals surface area contributed by atoms with Crippen molar-refractivity contribution >= 4 is 22.5 Å². The van der Waals surface area contributed by atoms with Crippen molar-refractivity contribution in [3.05, 3.63) is 156 Å². The van der Waals surface area contributed by atoms with Gasteiger partial charge in [0.15, 0.2) is 18.6 Å². The van der Waals surface area contributed by atoms with Gasteiger partial charge in [-0.05, 0) is 52.4 Å². The molecular formula is C48H53FO9. The fraction of sp³-hybridized carbons (Fsp3) is 0.375. The summed E-state index contributed by atoms with van der Waals surface area (Å²) in [7, 11) is 0. The lowest BCUT2D eigenvalue weighted by molar-refractivity contribution is -0.212. The van der Waals surface area contributed by atoms with Gasteiger partial charge in [0.1, 0.15) is 30.2 Å². The van der Waals surface area contributed by atoms with Crippen molar-refractivity contribution in [2.45, 2.75) is 103 Å². The summed E-state index contributed by atoms with van der Waals surface area (Å²) in [6.07, 6.45) is -7.03. The summed E-state index contributed by atoms with van der Waals surface area (Å²) in [5, 5.41) is 2.27. The number of rotatable bonds is 23. The Bertz CT molecular complexity index is 1980. The Kier molecular flexibility index (Phi) is 16.5. The highest BCUT2D eigenvalue weighted by Gasteiger charge is 2.48. The van der Waals surface area contributed by atoms with Crippen LogP contribution in [0, 0.1) is 0 Å². The minimum absolute atomic E-state index is 0.0182. The standard InChI is InChI=1S/C48H53FO9/c1-3-41-47(58-44(51)26-23-34(2)50)45(49)48(57-41)56-33-43(54-30-36-17-9-5-10-18-36)46(55-31-37-19-11-6-12-20-37)42(53-29-35-15-7-4-8-16-35)32-52-28-38-24-25-39-21-13-14-22-40(39)27-38/h4-22,24-25,27,41-43,45-48H,3,23,26,28-33H2,1-2H3/t41-,42?,43?,45+,46?,47?,48-/m1/s1. The number of hydrogen-bond donors (Lipinski definition) is 0. The van der Waals surface area contributed by atoms with Crippen LogP contribution in [0.25, 0.3) is 10.8 Å². The number of carbonyl (C=O) groups is 2. The average Bonchev–Trinajstić information content (AvgIpc) is 3.56. The molecule has 1 saturated heterocycles. The number of halogens is 1. The maximum Gasteiger partial charge on any atom is 0.306 e. The van der Waals surface area contributed by atoms with Gasteiger partial charge in [0.2, 0.25) is 0 Å². The summed E-state index contributed by atoms with van der Waals surface area (Å²) in [4.78, 5) is 24.0. The Morgan fingerprint density at radius 1 is 0.638 bits per heavy atom.